The van der Waals surface area contributed by atoms with Crippen molar-refractivity contribution in [2.24, 2.45) is 10.9 Å². The molecular formula is C15H24N4O. The number of rotatable bonds is 7. The summed E-state index contributed by atoms with van der Waals surface area (Å²) in [6.45, 7) is 7.25. The van der Waals surface area contributed by atoms with E-state index in [-0.39, 0.29) is 0 Å². The lowest BCUT2D eigenvalue weighted by Crippen LogP contribution is -2.36. The Kier molecular flexibility index (Phi) is 5.65. The molecule has 1 aliphatic carbocycles. The van der Waals surface area contributed by atoms with Crippen LogP contribution in [0.1, 0.15) is 32.3 Å². The summed E-state index contributed by atoms with van der Waals surface area (Å²) in [6.07, 6.45) is 4.43. The van der Waals surface area contributed by atoms with E-state index in [0.717, 1.165) is 37.1 Å². The Balaban J connectivity index is 1.83. The van der Waals surface area contributed by atoms with E-state index in [2.05, 4.69) is 34.5 Å². The van der Waals surface area contributed by atoms with Gasteiger partial charge < -0.3 is 15.4 Å². The van der Waals surface area contributed by atoms with Crippen LogP contribution >= 0.6 is 0 Å². The number of nitrogens with zero attached hydrogens (tertiary/aromatic N) is 2. The first kappa shape index (κ1) is 14.6. The second-order valence-corrected chi connectivity index (χ2v) is 4.98. The van der Waals surface area contributed by atoms with E-state index in [1.165, 1.54) is 12.8 Å². The van der Waals surface area contributed by atoms with Gasteiger partial charge >= 0.3 is 0 Å². The van der Waals surface area contributed by atoms with E-state index in [0.29, 0.717) is 12.4 Å². The zero-order chi connectivity index (χ0) is 14.2. The maximum Gasteiger partial charge on any atom is 0.213 e. The van der Waals surface area contributed by atoms with Crippen LogP contribution < -0.4 is 15.4 Å². The molecular weight excluding hydrogens is 252 g/mol. The third-order valence-corrected chi connectivity index (χ3v) is 3.07. The van der Waals surface area contributed by atoms with Crippen LogP contribution in [0.25, 0.3) is 0 Å². The van der Waals surface area contributed by atoms with Crippen molar-refractivity contribution in [3.05, 3.63) is 23.9 Å². The van der Waals surface area contributed by atoms with Crippen LogP contribution in [0.3, 0.4) is 0 Å². The summed E-state index contributed by atoms with van der Waals surface area (Å²) in [5.74, 6) is 2.30. The van der Waals surface area contributed by atoms with Gasteiger partial charge in [-0.3, -0.25) is 0 Å². The standard InChI is InChI=1S/C15H24N4O/c1-3-16-15(17-4-2)19-10-13-7-8-14(18-9-13)20-11-12-5-6-12/h7-9,12H,3-6,10-11H2,1-2H3,(H2,16,17,19). The summed E-state index contributed by atoms with van der Waals surface area (Å²) in [7, 11) is 0. The van der Waals surface area contributed by atoms with Gasteiger partial charge in [-0.1, -0.05) is 6.07 Å². The normalized spacial score (nSPS) is 13.7. The van der Waals surface area contributed by atoms with Crippen molar-refractivity contribution in [1.29, 1.82) is 0 Å². The van der Waals surface area contributed by atoms with Crippen molar-refractivity contribution in [2.45, 2.75) is 33.2 Å². The van der Waals surface area contributed by atoms with Crippen LogP contribution in [0.5, 0.6) is 5.88 Å². The fourth-order valence-electron chi connectivity index (χ4n) is 1.76. The number of hydrogen-bond donors (Lipinski definition) is 2. The number of nitrogens with one attached hydrogen (secondary N) is 2. The number of aromatic nitrogens is 1. The van der Waals surface area contributed by atoms with E-state index in [1.54, 1.807) is 0 Å². The maximum atomic E-state index is 5.62. The minimum atomic E-state index is 0.616. The summed E-state index contributed by atoms with van der Waals surface area (Å²) < 4.78 is 5.62. The average molecular weight is 276 g/mol. The lowest BCUT2D eigenvalue weighted by Gasteiger charge is -2.09. The van der Waals surface area contributed by atoms with Crippen molar-refractivity contribution < 1.29 is 4.74 Å². The van der Waals surface area contributed by atoms with Gasteiger partial charge in [0.2, 0.25) is 5.88 Å². The fraction of sp³-hybridized carbons (Fsp3) is 0.600. The predicted molar refractivity (Wildman–Crippen MR) is 80.9 cm³/mol. The Morgan fingerprint density at radius 1 is 1.30 bits per heavy atom. The number of aliphatic imine (C=N–C) groups is 1. The lowest BCUT2D eigenvalue weighted by atomic mass is 10.3. The molecule has 0 saturated heterocycles. The quantitative estimate of drug-likeness (QED) is 0.590. The summed E-state index contributed by atoms with van der Waals surface area (Å²) >= 11 is 0. The van der Waals surface area contributed by atoms with Gasteiger partial charge in [-0.2, -0.15) is 0 Å². The van der Waals surface area contributed by atoms with Gasteiger partial charge in [0.1, 0.15) is 0 Å². The van der Waals surface area contributed by atoms with E-state index < -0.39 is 0 Å². The van der Waals surface area contributed by atoms with Crippen molar-refractivity contribution in [1.82, 2.24) is 15.6 Å². The Hall–Kier alpha value is -1.78. The van der Waals surface area contributed by atoms with Crippen LogP contribution in [0.4, 0.5) is 0 Å². The summed E-state index contributed by atoms with van der Waals surface area (Å²) in [5, 5.41) is 6.40. The average Bonchev–Trinajstić information content (AvgIpc) is 3.28. The minimum Gasteiger partial charge on any atom is -0.477 e. The van der Waals surface area contributed by atoms with Gasteiger partial charge in [-0.25, -0.2) is 9.98 Å². The van der Waals surface area contributed by atoms with Gasteiger partial charge in [0.25, 0.3) is 0 Å². The van der Waals surface area contributed by atoms with Crippen molar-refractivity contribution >= 4 is 5.96 Å². The molecule has 2 rings (SSSR count). The maximum absolute atomic E-state index is 5.62. The molecule has 0 spiro atoms. The second kappa shape index (κ2) is 7.72. The first-order chi connectivity index (χ1) is 9.81. The van der Waals surface area contributed by atoms with Gasteiger partial charge in [0.05, 0.1) is 13.2 Å². The molecule has 5 nitrogen and oxygen atoms in total. The van der Waals surface area contributed by atoms with Crippen molar-refractivity contribution in [3.8, 4) is 5.88 Å². The lowest BCUT2D eigenvalue weighted by molar-refractivity contribution is 0.288. The van der Waals surface area contributed by atoms with Gasteiger partial charge in [-0.15, -0.1) is 0 Å². The molecule has 0 amide bonds. The number of ether oxygens (including phenoxy) is 1. The van der Waals surface area contributed by atoms with Crippen molar-refractivity contribution in [2.75, 3.05) is 19.7 Å². The first-order valence-corrected chi connectivity index (χ1v) is 7.41. The first-order valence-electron chi connectivity index (χ1n) is 7.41. The molecule has 1 saturated carbocycles. The predicted octanol–water partition coefficient (Wildman–Crippen LogP) is 1.95. The van der Waals surface area contributed by atoms with Gasteiger partial charge in [-0.05, 0) is 38.2 Å². The highest BCUT2D eigenvalue weighted by Gasteiger charge is 2.21. The number of pyridine rings is 1. The molecule has 0 radical (unpaired) electrons. The summed E-state index contributed by atoms with van der Waals surface area (Å²) in [4.78, 5) is 8.82. The second-order valence-electron chi connectivity index (χ2n) is 4.98. The molecule has 0 bridgehead atoms. The Bertz CT molecular complexity index is 418. The molecule has 5 heteroatoms. The molecule has 0 atom stereocenters. The zero-order valence-corrected chi connectivity index (χ0v) is 12.4. The minimum absolute atomic E-state index is 0.616. The molecule has 1 aromatic heterocycles. The van der Waals surface area contributed by atoms with Crippen LogP contribution in [0, 0.1) is 5.92 Å². The Labute approximate surface area is 120 Å². The number of hydrogen-bond acceptors (Lipinski definition) is 3. The molecule has 110 valence electrons. The fourth-order valence-corrected chi connectivity index (χ4v) is 1.76. The third-order valence-electron chi connectivity index (χ3n) is 3.07. The van der Waals surface area contributed by atoms with E-state index in [9.17, 15) is 0 Å². The van der Waals surface area contributed by atoms with E-state index >= 15 is 0 Å². The van der Waals surface area contributed by atoms with Crippen LogP contribution in [0.15, 0.2) is 23.3 Å². The van der Waals surface area contributed by atoms with Crippen LogP contribution in [-0.4, -0.2) is 30.6 Å². The molecule has 1 heterocycles. The summed E-state index contributed by atoms with van der Waals surface area (Å²) in [6, 6.07) is 3.95. The van der Waals surface area contributed by atoms with Gasteiger partial charge in [0.15, 0.2) is 5.96 Å². The Morgan fingerprint density at radius 2 is 2.05 bits per heavy atom. The largest absolute Gasteiger partial charge is 0.477 e. The topological polar surface area (TPSA) is 58.5 Å². The molecule has 0 unspecified atom stereocenters. The third kappa shape index (κ3) is 5.07. The highest BCUT2D eigenvalue weighted by atomic mass is 16.5. The smallest absolute Gasteiger partial charge is 0.213 e. The highest BCUT2D eigenvalue weighted by molar-refractivity contribution is 5.79. The molecule has 1 aromatic rings. The zero-order valence-electron chi connectivity index (χ0n) is 12.4. The van der Waals surface area contributed by atoms with Crippen LogP contribution in [0.2, 0.25) is 0 Å². The van der Waals surface area contributed by atoms with Crippen LogP contribution in [-0.2, 0) is 6.54 Å². The highest BCUT2D eigenvalue weighted by Crippen LogP contribution is 2.29. The molecule has 0 aromatic carbocycles. The SMILES string of the molecule is CCNC(=NCc1ccc(OCC2CC2)nc1)NCC. The monoisotopic (exact) mass is 276 g/mol. The molecule has 1 fully saturated rings. The van der Waals surface area contributed by atoms with Gasteiger partial charge in [0, 0.05) is 25.4 Å². The molecule has 1 aliphatic rings. The van der Waals surface area contributed by atoms with E-state index in [1.807, 2.05) is 18.3 Å². The molecule has 20 heavy (non-hydrogen) atoms. The molecule has 0 aliphatic heterocycles. The molecule has 2 N–H and O–H groups in total. The van der Waals surface area contributed by atoms with Crippen molar-refractivity contribution in [3.63, 3.8) is 0 Å². The number of guanidine groups is 1. The Morgan fingerprint density at radius 3 is 2.60 bits per heavy atom. The summed E-state index contributed by atoms with van der Waals surface area (Å²) in [5.41, 5.74) is 1.08. The van der Waals surface area contributed by atoms with E-state index in [4.69, 9.17) is 4.74 Å².